The topological polar surface area (TPSA) is 121 Å². The van der Waals surface area contributed by atoms with E-state index in [4.69, 9.17) is 0 Å². The van der Waals surface area contributed by atoms with Gasteiger partial charge in [-0.25, -0.2) is 0 Å². The number of carbonyl (C=O) groups is 4. The molecule has 0 aromatic heterocycles. The van der Waals surface area contributed by atoms with Crippen LogP contribution in [0.1, 0.15) is 99.3 Å². The lowest BCUT2D eigenvalue weighted by atomic mass is 9.33. The lowest BCUT2D eigenvalue weighted by molar-refractivity contribution is -0.202. The van der Waals surface area contributed by atoms with Crippen molar-refractivity contribution in [3.8, 4) is 0 Å². The van der Waals surface area contributed by atoms with E-state index >= 15 is 0 Å². The van der Waals surface area contributed by atoms with Crippen LogP contribution < -0.4 is 5.32 Å². The number of carbonyl (C=O) groups excluding carboxylic acids is 2. The van der Waals surface area contributed by atoms with Crippen molar-refractivity contribution in [1.29, 1.82) is 0 Å². The monoisotopic (exact) mass is 577 g/mol. The molecular weight excluding hydrogens is 532 g/mol. The molecule has 0 unspecified atom stereocenters. The fourth-order valence-corrected chi connectivity index (χ4v) is 10.8. The zero-order valence-electron chi connectivity index (χ0n) is 25.1. The molecule has 4 fully saturated rings. The fraction of sp³-hybridized carbons (Fsp3) is 0.812. The summed E-state index contributed by atoms with van der Waals surface area (Å²) in [5.74, 6) is -4.42. The fourth-order valence-electron chi connectivity index (χ4n) is 10.8. The maximum atomic E-state index is 14.4. The molecule has 0 heterocycles. The number of aliphatic carboxylic acids is 2. The van der Waals surface area contributed by atoms with Crippen molar-refractivity contribution in [2.75, 3.05) is 0 Å². The minimum atomic E-state index is -3.24. The molecule has 10 atom stereocenters. The molecule has 5 rings (SSSR count). The number of ketones is 1. The summed E-state index contributed by atoms with van der Waals surface area (Å²) in [6.45, 7) is 12.0. The first-order valence-electron chi connectivity index (χ1n) is 15.1. The van der Waals surface area contributed by atoms with Crippen molar-refractivity contribution in [2.45, 2.75) is 112 Å². The van der Waals surface area contributed by atoms with Gasteiger partial charge in [0.2, 0.25) is 0 Å². The molecule has 41 heavy (non-hydrogen) atoms. The van der Waals surface area contributed by atoms with Crippen LogP contribution in [0.15, 0.2) is 11.6 Å². The van der Waals surface area contributed by atoms with E-state index in [1.807, 2.05) is 13.8 Å². The second-order valence-electron chi connectivity index (χ2n) is 15.5. The molecule has 5 aliphatic rings. The summed E-state index contributed by atoms with van der Waals surface area (Å²) in [6, 6.07) is -0.962. The summed E-state index contributed by atoms with van der Waals surface area (Å²) in [4.78, 5) is 51.5. The van der Waals surface area contributed by atoms with Crippen molar-refractivity contribution >= 4 is 23.6 Å². The summed E-state index contributed by atoms with van der Waals surface area (Å²) < 4.78 is 26.3. The number of hydrogen-bond donors (Lipinski definition) is 3. The molecule has 0 aromatic carbocycles. The minimum Gasteiger partial charge on any atom is -0.481 e. The first-order chi connectivity index (χ1) is 18.8. The smallest absolute Gasteiger partial charge is 0.315 e. The Hall–Kier alpha value is -2.32. The molecule has 4 saturated carbocycles. The minimum absolute atomic E-state index is 0.0204. The van der Waals surface area contributed by atoms with E-state index in [-0.39, 0.29) is 29.0 Å². The van der Waals surface area contributed by atoms with E-state index < -0.39 is 63.8 Å². The first kappa shape index (κ1) is 30.1. The number of carboxylic acids is 2. The number of allylic oxidation sites excluding steroid dienone is 2. The second-order valence-corrected chi connectivity index (χ2v) is 15.5. The largest absolute Gasteiger partial charge is 0.481 e. The number of alkyl halides is 2. The van der Waals surface area contributed by atoms with Crippen LogP contribution in [0.2, 0.25) is 0 Å². The lowest BCUT2D eigenvalue weighted by Gasteiger charge is -2.70. The van der Waals surface area contributed by atoms with Gasteiger partial charge in [-0.3, -0.25) is 19.2 Å². The van der Waals surface area contributed by atoms with Crippen molar-refractivity contribution in [3.05, 3.63) is 11.6 Å². The van der Waals surface area contributed by atoms with Crippen LogP contribution in [0.25, 0.3) is 0 Å². The number of carboxylic acid groups (broad SMARTS) is 2. The Bertz CT molecular complexity index is 1230. The van der Waals surface area contributed by atoms with Crippen LogP contribution in [0.3, 0.4) is 0 Å². The zero-order chi connectivity index (χ0) is 30.6. The molecule has 9 heteroatoms. The van der Waals surface area contributed by atoms with Crippen LogP contribution in [0.5, 0.6) is 0 Å². The summed E-state index contributed by atoms with van der Waals surface area (Å²) in [5, 5.41) is 22.9. The molecule has 5 aliphatic carbocycles. The molecule has 228 valence electrons. The number of nitrogens with one attached hydrogen (secondary N) is 1. The van der Waals surface area contributed by atoms with E-state index in [0.29, 0.717) is 32.1 Å². The van der Waals surface area contributed by atoms with Gasteiger partial charge in [0, 0.05) is 12.0 Å². The summed E-state index contributed by atoms with van der Waals surface area (Å²) in [6.07, 6.45) is 4.01. The summed E-state index contributed by atoms with van der Waals surface area (Å²) in [5.41, 5.74) is -2.91. The summed E-state index contributed by atoms with van der Waals surface area (Å²) >= 11 is 0. The zero-order valence-corrected chi connectivity index (χ0v) is 25.1. The molecule has 1 amide bonds. The normalized spacial score (nSPS) is 49.1. The van der Waals surface area contributed by atoms with Crippen molar-refractivity contribution in [2.24, 2.45) is 50.2 Å². The standard InChI is InChI=1S/C32H45F2NO6/c1-27-11-12-28(2,25(38)39)16-18(27)17-15-19(36)22-29(3)9-8-21(35-24(37)23(33)34)32(6,26(40)41)20(29)7-10-31(22,5)30(17,4)14-13-27/h15,18,20-23H,7-14,16H2,1-6H3,(H,35,37)(H,38,39)(H,40,41)/t18-,20+,21-,22+,27+,28-,29-,30+,31+,32-/m0/s1. The van der Waals surface area contributed by atoms with Crippen molar-refractivity contribution in [3.63, 3.8) is 0 Å². The highest BCUT2D eigenvalue weighted by Gasteiger charge is 2.72. The predicted molar refractivity (Wildman–Crippen MR) is 147 cm³/mol. The Morgan fingerprint density at radius 2 is 1.54 bits per heavy atom. The molecule has 0 bridgehead atoms. The SMILES string of the molecule is C[C@]1(C(=O)O)CC[C@]2(C)CC[C@]3(C)C(=CC(=O)[C@@H]4[C@@]5(C)CC[C@H](NC(=O)C(F)F)[C@@](C)(C(=O)O)[C@@H]5CC[C@]43C)[C@@H]2C1. The molecule has 3 N–H and O–H groups in total. The Morgan fingerprint density at radius 1 is 0.902 bits per heavy atom. The van der Waals surface area contributed by atoms with E-state index in [2.05, 4.69) is 26.1 Å². The highest BCUT2D eigenvalue weighted by atomic mass is 19.3. The molecule has 0 aromatic rings. The van der Waals surface area contributed by atoms with Crippen LogP contribution >= 0.6 is 0 Å². The Kier molecular flexibility index (Phi) is 6.68. The van der Waals surface area contributed by atoms with E-state index in [1.54, 1.807) is 13.0 Å². The molecule has 0 spiro atoms. The summed E-state index contributed by atoms with van der Waals surface area (Å²) in [7, 11) is 0. The van der Waals surface area contributed by atoms with Crippen LogP contribution in [0, 0.1) is 50.2 Å². The van der Waals surface area contributed by atoms with Gasteiger partial charge in [0.25, 0.3) is 5.91 Å². The Labute approximate surface area is 240 Å². The number of fused-ring (bicyclic) bond motifs is 7. The van der Waals surface area contributed by atoms with Crippen LogP contribution in [-0.2, 0) is 19.2 Å². The molecule has 7 nitrogen and oxygen atoms in total. The van der Waals surface area contributed by atoms with E-state index in [0.717, 1.165) is 24.8 Å². The van der Waals surface area contributed by atoms with E-state index in [1.165, 1.54) is 0 Å². The Balaban J connectivity index is 1.58. The number of hydrogen-bond acceptors (Lipinski definition) is 4. The maximum Gasteiger partial charge on any atom is 0.315 e. The first-order valence-corrected chi connectivity index (χ1v) is 15.1. The average Bonchev–Trinajstić information content (AvgIpc) is 2.87. The van der Waals surface area contributed by atoms with Gasteiger partial charge in [-0.2, -0.15) is 8.78 Å². The van der Waals surface area contributed by atoms with Gasteiger partial charge in [-0.15, -0.1) is 0 Å². The highest BCUT2D eigenvalue weighted by Crippen LogP contribution is 2.75. The molecule has 0 aliphatic heterocycles. The third kappa shape index (κ3) is 3.85. The second kappa shape index (κ2) is 9.09. The lowest BCUT2D eigenvalue weighted by Crippen LogP contribution is -2.69. The predicted octanol–water partition coefficient (Wildman–Crippen LogP) is 5.87. The number of rotatable bonds is 4. The Morgan fingerprint density at radius 3 is 2.12 bits per heavy atom. The van der Waals surface area contributed by atoms with Gasteiger partial charge in [0.15, 0.2) is 5.78 Å². The van der Waals surface area contributed by atoms with Gasteiger partial charge in [-0.05, 0) is 111 Å². The highest BCUT2D eigenvalue weighted by molar-refractivity contribution is 5.96. The molecule has 0 saturated heterocycles. The molecular formula is C32H45F2NO6. The van der Waals surface area contributed by atoms with Crippen LogP contribution in [-0.4, -0.2) is 46.3 Å². The maximum absolute atomic E-state index is 14.4. The average molecular weight is 578 g/mol. The van der Waals surface area contributed by atoms with Crippen molar-refractivity contribution in [1.82, 2.24) is 5.32 Å². The van der Waals surface area contributed by atoms with Gasteiger partial charge >= 0.3 is 18.4 Å². The number of amides is 1. The van der Waals surface area contributed by atoms with E-state index in [9.17, 15) is 38.2 Å². The van der Waals surface area contributed by atoms with Gasteiger partial charge in [-0.1, -0.05) is 33.3 Å². The van der Waals surface area contributed by atoms with Gasteiger partial charge < -0.3 is 15.5 Å². The van der Waals surface area contributed by atoms with Crippen LogP contribution in [0.4, 0.5) is 8.78 Å². The quantitative estimate of drug-likeness (QED) is 0.385. The van der Waals surface area contributed by atoms with Gasteiger partial charge in [0.05, 0.1) is 10.8 Å². The van der Waals surface area contributed by atoms with Gasteiger partial charge in [0.1, 0.15) is 0 Å². The molecule has 0 radical (unpaired) electrons. The number of halogens is 2. The van der Waals surface area contributed by atoms with Crippen molar-refractivity contribution < 1.29 is 38.2 Å². The third-order valence-electron chi connectivity index (χ3n) is 13.8. The third-order valence-corrected chi connectivity index (χ3v) is 13.8.